The first-order valence-corrected chi connectivity index (χ1v) is 6.92. The fraction of sp³-hybridized carbons (Fsp3) is 0.600. The molecule has 0 fully saturated rings. The summed E-state index contributed by atoms with van der Waals surface area (Å²) >= 11 is 5.29. The number of halogens is 1. The molecule has 0 aliphatic heterocycles. The fourth-order valence-corrected chi connectivity index (χ4v) is 2.34. The second-order valence-electron chi connectivity index (χ2n) is 3.33. The Morgan fingerprint density at radius 1 is 1.53 bits per heavy atom. The second-order valence-corrected chi connectivity index (χ2v) is 5.46. The zero-order valence-electron chi connectivity index (χ0n) is 9.25. The number of rotatable bonds is 5. The van der Waals surface area contributed by atoms with Crippen LogP contribution in [0.5, 0.6) is 0 Å². The third-order valence-electron chi connectivity index (χ3n) is 1.77. The Labute approximate surface area is 104 Å². The Bertz CT molecular complexity index is 299. The van der Waals surface area contributed by atoms with Crippen LogP contribution in [0.2, 0.25) is 0 Å². The van der Waals surface area contributed by atoms with Gasteiger partial charge in [-0.05, 0) is 35.5 Å². The zero-order valence-corrected chi connectivity index (χ0v) is 11.7. The number of thioether (sulfide) groups is 1. The minimum Gasteiger partial charge on any atom is -0.367 e. The number of aryl methyl sites for hydroxylation is 1. The summed E-state index contributed by atoms with van der Waals surface area (Å²) in [6.07, 6.45) is 0. The molecular formula is C10H16BrN3S. The standard InChI is InChI=1S/C10H16BrN3S/c1-4-15-6-7(2)12-10-5-9(11)13-8(3)14-10/h5,7H,4,6H2,1-3H3,(H,12,13,14). The SMILES string of the molecule is CCSCC(C)Nc1cc(Br)nc(C)n1. The zero-order chi connectivity index (χ0) is 11.3. The van der Waals surface area contributed by atoms with Gasteiger partial charge in [0.1, 0.15) is 16.2 Å². The molecule has 1 heterocycles. The number of anilines is 1. The van der Waals surface area contributed by atoms with Crippen molar-refractivity contribution in [3.63, 3.8) is 0 Å². The molecule has 0 spiro atoms. The maximum absolute atomic E-state index is 4.32. The smallest absolute Gasteiger partial charge is 0.131 e. The molecule has 1 aromatic rings. The van der Waals surface area contributed by atoms with Crippen LogP contribution in [0.25, 0.3) is 0 Å². The summed E-state index contributed by atoms with van der Waals surface area (Å²) in [5.74, 6) is 3.91. The fourth-order valence-electron chi connectivity index (χ4n) is 1.19. The molecule has 1 unspecified atom stereocenters. The lowest BCUT2D eigenvalue weighted by molar-refractivity contribution is 0.890. The van der Waals surface area contributed by atoms with E-state index in [-0.39, 0.29) is 0 Å². The van der Waals surface area contributed by atoms with Gasteiger partial charge in [-0.3, -0.25) is 0 Å². The maximum atomic E-state index is 4.32. The summed E-state index contributed by atoms with van der Waals surface area (Å²) in [6.45, 7) is 6.22. The van der Waals surface area contributed by atoms with Crippen molar-refractivity contribution in [1.82, 2.24) is 9.97 Å². The van der Waals surface area contributed by atoms with E-state index in [0.29, 0.717) is 6.04 Å². The van der Waals surface area contributed by atoms with Gasteiger partial charge in [-0.25, -0.2) is 9.97 Å². The minimum absolute atomic E-state index is 0.427. The lowest BCUT2D eigenvalue weighted by atomic mass is 10.4. The third-order valence-corrected chi connectivity index (χ3v) is 3.32. The lowest BCUT2D eigenvalue weighted by Gasteiger charge is -2.13. The molecule has 0 amide bonds. The first kappa shape index (κ1) is 12.8. The van der Waals surface area contributed by atoms with Gasteiger partial charge in [0.2, 0.25) is 0 Å². The summed E-state index contributed by atoms with van der Waals surface area (Å²) in [6, 6.07) is 2.33. The van der Waals surface area contributed by atoms with E-state index in [0.717, 1.165) is 27.8 Å². The second kappa shape index (κ2) is 6.33. The van der Waals surface area contributed by atoms with Gasteiger partial charge in [0.05, 0.1) is 0 Å². The van der Waals surface area contributed by atoms with Gasteiger partial charge in [-0.1, -0.05) is 6.92 Å². The molecule has 0 aromatic carbocycles. The highest BCUT2D eigenvalue weighted by atomic mass is 79.9. The van der Waals surface area contributed by atoms with Crippen LogP contribution in [0.4, 0.5) is 5.82 Å². The Morgan fingerprint density at radius 2 is 2.27 bits per heavy atom. The molecule has 3 nitrogen and oxygen atoms in total. The van der Waals surface area contributed by atoms with Crippen LogP contribution >= 0.6 is 27.7 Å². The average Bonchev–Trinajstić information content (AvgIpc) is 2.13. The third kappa shape index (κ3) is 4.84. The van der Waals surface area contributed by atoms with E-state index in [1.807, 2.05) is 24.8 Å². The predicted molar refractivity (Wildman–Crippen MR) is 70.6 cm³/mol. The minimum atomic E-state index is 0.427. The normalized spacial score (nSPS) is 12.5. The van der Waals surface area contributed by atoms with Crippen LogP contribution in [0.15, 0.2) is 10.7 Å². The van der Waals surface area contributed by atoms with Crippen molar-refractivity contribution in [3.8, 4) is 0 Å². The molecule has 15 heavy (non-hydrogen) atoms. The van der Waals surface area contributed by atoms with Crippen molar-refractivity contribution in [2.24, 2.45) is 0 Å². The molecule has 0 aliphatic carbocycles. The number of nitrogens with zero attached hydrogens (tertiary/aromatic N) is 2. The quantitative estimate of drug-likeness (QED) is 0.846. The molecule has 1 aromatic heterocycles. The van der Waals surface area contributed by atoms with Gasteiger partial charge in [-0.15, -0.1) is 0 Å². The lowest BCUT2D eigenvalue weighted by Crippen LogP contribution is -2.19. The Hall–Kier alpha value is -0.290. The van der Waals surface area contributed by atoms with Crippen molar-refractivity contribution < 1.29 is 0 Å². The summed E-state index contributed by atoms with van der Waals surface area (Å²) < 4.78 is 0.827. The molecule has 0 saturated carbocycles. The van der Waals surface area contributed by atoms with E-state index in [9.17, 15) is 0 Å². The van der Waals surface area contributed by atoms with Gasteiger partial charge in [0, 0.05) is 17.9 Å². The Kier molecular flexibility index (Phi) is 5.39. The van der Waals surface area contributed by atoms with E-state index in [4.69, 9.17) is 0 Å². The van der Waals surface area contributed by atoms with Gasteiger partial charge in [0.15, 0.2) is 0 Å². The van der Waals surface area contributed by atoms with Crippen LogP contribution in [0, 0.1) is 6.92 Å². The van der Waals surface area contributed by atoms with Crippen LogP contribution in [-0.2, 0) is 0 Å². The first-order chi connectivity index (χ1) is 7.11. The number of aromatic nitrogens is 2. The Morgan fingerprint density at radius 3 is 2.87 bits per heavy atom. The summed E-state index contributed by atoms with van der Waals surface area (Å²) in [5.41, 5.74) is 0. The van der Waals surface area contributed by atoms with Crippen molar-refractivity contribution in [2.45, 2.75) is 26.8 Å². The van der Waals surface area contributed by atoms with Crippen LogP contribution in [-0.4, -0.2) is 27.5 Å². The molecule has 1 rings (SSSR count). The highest BCUT2D eigenvalue weighted by Crippen LogP contribution is 2.14. The molecule has 0 saturated heterocycles. The molecule has 1 atom stereocenters. The highest BCUT2D eigenvalue weighted by molar-refractivity contribution is 9.10. The molecule has 84 valence electrons. The van der Waals surface area contributed by atoms with E-state index in [1.165, 1.54) is 0 Å². The van der Waals surface area contributed by atoms with Crippen LogP contribution in [0.1, 0.15) is 19.7 Å². The van der Waals surface area contributed by atoms with Crippen molar-refractivity contribution in [1.29, 1.82) is 0 Å². The largest absolute Gasteiger partial charge is 0.367 e. The topological polar surface area (TPSA) is 37.8 Å². The van der Waals surface area contributed by atoms with Crippen molar-refractivity contribution in [3.05, 3.63) is 16.5 Å². The molecular weight excluding hydrogens is 274 g/mol. The van der Waals surface area contributed by atoms with Gasteiger partial charge in [0.25, 0.3) is 0 Å². The Balaban J connectivity index is 2.56. The maximum Gasteiger partial charge on any atom is 0.131 e. The molecule has 1 N–H and O–H groups in total. The van der Waals surface area contributed by atoms with Gasteiger partial charge in [-0.2, -0.15) is 11.8 Å². The van der Waals surface area contributed by atoms with Gasteiger partial charge >= 0.3 is 0 Å². The molecule has 0 aliphatic rings. The van der Waals surface area contributed by atoms with Crippen LogP contribution in [0.3, 0.4) is 0 Å². The summed E-state index contributed by atoms with van der Waals surface area (Å²) in [4.78, 5) is 8.48. The average molecular weight is 290 g/mol. The van der Waals surface area contributed by atoms with E-state index in [1.54, 1.807) is 0 Å². The van der Waals surface area contributed by atoms with E-state index >= 15 is 0 Å². The van der Waals surface area contributed by atoms with Crippen molar-refractivity contribution in [2.75, 3.05) is 16.8 Å². The molecule has 0 radical (unpaired) electrons. The van der Waals surface area contributed by atoms with E-state index < -0.39 is 0 Å². The van der Waals surface area contributed by atoms with E-state index in [2.05, 4.69) is 45.1 Å². The van der Waals surface area contributed by atoms with Crippen LogP contribution < -0.4 is 5.32 Å². The summed E-state index contributed by atoms with van der Waals surface area (Å²) in [7, 11) is 0. The first-order valence-electron chi connectivity index (χ1n) is 4.97. The van der Waals surface area contributed by atoms with Crippen molar-refractivity contribution >= 4 is 33.5 Å². The number of hydrogen-bond acceptors (Lipinski definition) is 4. The molecule has 5 heteroatoms. The predicted octanol–water partition coefficient (Wildman–Crippen LogP) is 3.10. The number of nitrogens with one attached hydrogen (secondary N) is 1. The molecule has 0 bridgehead atoms. The summed E-state index contributed by atoms with van der Waals surface area (Å²) in [5, 5.41) is 3.36. The highest BCUT2D eigenvalue weighted by Gasteiger charge is 2.04. The van der Waals surface area contributed by atoms with Gasteiger partial charge < -0.3 is 5.32 Å². The monoisotopic (exact) mass is 289 g/mol. The number of hydrogen-bond donors (Lipinski definition) is 1.